The van der Waals surface area contributed by atoms with Crippen LogP contribution >= 0.6 is 11.3 Å². The molecular formula is C27H37N5O3S2. The zero-order chi connectivity index (χ0) is 26.7. The summed E-state index contributed by atoms with van der Waals surface area (Å²) in [4.78, 5) is 22.5. The van der Waals surface area contributed by atoms with Crippen LogP contribution in [0.5, 0.6) is 0 Å². The average molecular weight is 544 g/mol. The average Bonchev–Trinajstić information content (AvgIpc) is 3.27. The largest absolute Gasteiger partial charge is 0.345 e. The van der Waals surface area contributed by atoms with Crippen molar-refractivity contribution in [3.05, 3.63) is 48.0 Å². The van der Waals surface area contributed by atoms with Gasteiger partial charge in [0.2, 0.25) is 10.0 Å². The first-order chi connectivity index (χ1) is 17.5. The number of rotatable bonds is 9. The number of aromatic nitrogens is 1. The highest BCUT2D eigenvalue weighted by Gasteiger charge is 2.26. The third-order valence-electron chi connectivity index (χ3n) is 6.30. The second kappa shape index (κ2) is 11.5. The summed E-state index contributed by atoms with van der Waals surface area (Å²) in [6.45, 7) is 12.9. The molecule has 10 heteroatoms. The molecule has 3 aromatic rings. The molecule has 2 heterocycles. The SMILES string of the molecule is CC(C)CN(CC(C)C)S(=O)(=O)c1ccc(C(=O)Nc2ccc3nc(N4CCN(C)CC4)sc3c2)cc1. The topological polar surface area (TPSA) is 85.8 Å². The molecule has 1 aliphatic heterocycles. The van der Waals surface area contributed by atoms with Crippen LogP contribution in [0.4, 0.5) is 10.8 Å². The number of anilines is 2. The fourth-order valence-corrected chi connectivity index (χ4v) is 7.16. The maximum Gasteiger partial charge on any atom is 0.255 e. The predicted molar refractivity (Wildman–Crippen MR) is 152 cm³/mol. The maximum absolute atomic E-state index is 13.2. The van der Waals surface area contributed by atoms with Gasteiger partial charge in [-0.1, -0.05) is 39.0 Å². The first-order valence-corrected chi connectivity index (χ1v) is 15.0. The quantitative estimate of drug-likeness (QED) is 0.425. The van der Waals surface area contributed by atoms with Crippen molar-refractivity contribution in [3.8, 4) is 0 Å². The predicted octanol–water partition coefficient (Wildman–Crippen LogP) is 4.60. The van der Waals surface area contributed by atoms with Crippen LogP contribution in [0.3, 0.4) is 0 Å². The van der Waals surface area contributed by atoms with Crippen LogP contribution in [0.2, 0.25) is 0 Å². The molecule has 0 spiro atoms. The van der Waals surface area contributed by atoms with E-state index in [4.69, 9.17) is 4.98 Å². The highest BCUT2D eigenvalue weighted by Crippen LogP contribution is 2.31. The standard InChI is InChI=1S/C27H37N5O3S2/c1-19(2)17-32(18-20(3)4)37(34,35)23-9-6-21(7-10-23)26(33)28-22-8-11-24-25(16-22)36-27(29-24)31-14-12-30(5)13-15-31/h6-11,16,19-20H,12-15,17-18H2,1-5H3,(H,28,33). The fourth-order valence-electron chi connectivity index (χ4n) is 4.34. The van der Waals surface area contributed by atoms with Crippen LogP contribution in [-0.4, -0.2) is 74.8 Å². The molecule has 0 radical (unpaired) electrons. The van der Waals surface area contributed by atoms with Crippen LogP contribution in [0, 0.1) is 11.8 Å². The molecule has 1 aromatic heterocycles. The Balaban J connectivity index is 1.46. The number of nitrogens with zero attached hydrogens (tertiary/aromatic N) is 4. The number of likely N-dealkylation sites (N-methyl/N-ethyl adjacent to an activating group) is 1. The monoisotopic (exact) mass is 543 g/mol. The Labute approximate surface area is 224 Å². The van der Waals surface area contributed by atoms with Gasteiger partial charge in [-0.25, -0.2) is 13.4 Å². The minimum Gasteiger partial charge on any atom is -0.345 e. The number of hydrogen-bond donors (Lipinski definition) is 1. The fraction of sp³-hybridized carbons (Fsp3) is 0.481. The van der Waals surface area contributed by atoms with E-state index in [9.17, 15) is 13.2 Å². The van der Waals surface area contributed by atoms with Crippen molar-refractivity contribution in [2.24, 2.45) is 11.8 Å². The zero-order valence-corrected chi connectivity index (χ0v) is 23.9. The number of benzene rings is 2. The van der Waals surface area contributed by atoms with Crippen molar-refractivity contribution in [3.63, 3.8) is 0 Å². The van der Waals surface area contributed by atoms with Crippen molar-refractivity contribution < 1.29 is 13.2 Å². The number of piperazine rings is 1. The van der Waals surface area contributed by atoms with E-state index in [2.05, 4.69) is 22.2 Å². The Kier molecular flexibility index (Phi) is 8.52. The minimum absolute atomic E-state index is 0.202. The molecule has 1 aliphatic rings. The Hall–Kier alpha value is -2.53. The normalized spacial score (nSPS) is 15.3. The third kappa shape index (κ3) is 6.67. The molecule has 0 aliphatic carbocycles. The van der Waals surface area contributed by atoms with Gasteiger partial charge in [-0.05, 0) is 61.3 Å². The van der Waals surface area contributed by atoms with Gasteiger partial charge in [-0.3, -0.25) is 4.79 Å². The lowest BCUT2D eigenvalue weighted by Crippen LogP contribution is -2.44. The van der Waals surface area contributed by atoms with E-state index in [1.165, 1.54) is 16.4 Å². The number of fused-ring (bicyclic) bond motifs is 1. The molecule has 0 saturated carbocycles. The third-order valence-corrected chi connectivity index (χ3v) is 9.23. The first kappa shape index (κ1) is 27.5. The van der Waals surface area contributed by atoms with Crippen LogP contribution in [0.1, 0.15) is 38.1 Å². The number of amides is 1. The van der Waals surface area contributed by atoms with Crippen molar-refractivity contribution >= 4 is 48.3 Å². The second-order valence-corrected chi connectivity index (χ2v) is 13.5. The van der Waals surface area contributed by atoms with Crippen LogP contribution < -0.4 is 10.2 Å². The van der Waals surface area contributed by atoms with Gasteiger partial charge in [-0.15, -0.1) is 0 Å². The number of thiazole rings is 1. The van der Waals surface area contributed by atoms with E-state index in [1.54, 1.807) is 23.5 Å². The number of sulfonamides is 1. The van der Waals surface area contributed by atoms with Gasteiger partial charge >= 0.3 is 0 Å². The van der Waals surface area contributed by atoms with Gasteiger partial charge in [0.05, 0.1) is 15.1 Å². The van der Waals surface area contributed by atoms with Gasteiger partial charge < -0.3 is 15.1 Å². The van der Waals surface area contributed by atoms with Crippen LogP contribution in [0.15, 0.2) is 47.4 Å². The summed E-state index contributed by atoms with van der Waals surface area (Å²) >= 11 is 1.63. The first-order valence-electron chi connectivity index (χ1n) is 12.8. The number of carbonyl (C=O) groups is 1. The molecule has 1 fully saturated rings. The summed E-state index contributed by atoms with van der Waals surface area (Å²) in [7, 11) is -1.51. The van der Waals surface area contributed by atoms with E-state index in [-0.39, 0.29) is 22.6 Å². The summed E-state index contributed by atoms with van der Waals surface area (Å²) in [6.07, 6.45) is 0. The molecule has 200 valence electrons. The Morgan fingerprint density at radius 3 is 2.22 bits per heavy atom. The summed E-state index contributed by atoms with van der Waals surface area (Å²) in [5.41, 5.74) is 2.00. The smallest absolute Gasteiger partial charge is 0.255 e. The lowest BCUT2D eigenvalue weighted by molar-refractivity contribution is 0.102. The van der Waals surface area contributed by atoms with E-state index in [1.807, 2.05) is 45.9 Å². The van der Waals surface area contributed by atoms with Crippen molar-refractivity contribution in [2.45, 2.75) is 32.6 Å². The second-order valence-electron chi connectivity index (χ2n) is 10.6. The van der Waals surface area contributed by atoms with Gasteiger partial charge in [0.25, 0.3) is 5.91 Å². The van der Waals surface area contributed by atoms with Gasteiger partial charge in [0.1, 0.15) is 0 Å². The molecule has 8 nitrogen and oxygen atoms in total. The molecule has 0 unspecified atom stereocenters. The number of hydrogen-bond acceptors (Lipinski definition) is 7. The van der Waals surface area contributed by atoms with E-state index in [0.29, 0.717) is 24.3 Å². The summed E-state index contributed by atoms with van der Waals surface area (Å²) in [5, 5.41) is 3.94. The summed E-state index contributed by atoms with van der Waals surface area (Å²) in [5.74, 6) is 0.146. The lowest BCUT2D eigenvalue weighted by atomic mass is 10.2. The van der Waals surface area contributed by atoms with E-state index in [0.717, 1.165) is 41.5 Å². The lowest BCUT2D eigenvalue weighted by Gasteiger charge is -2.31. The minimum atomic E-state index is -3.64. The van der Waals surface area contributed by atoms with Crippen molar-refractivity contribution in [2.75, 3.05) is 56.5 Å². The molecule has 37 heavy (non-hydrogen) atoms. The molecule has 2 aromatic carbocycles. The molecular weight excluding hydrogens is 506 g/mol. The van der Waals surface area contributed by atoms with Crippen LogP contribution in [-0.2, 0) is 10.0 Å². The van der Waals surface area contributed by atoms with Crippen LogP contribution in [0.25, 0.3) is 10.2 Å². The summed E-state index contributed by atoms with van der Waals surface area (Å²) < 4.78 is 29.1. The van der Waals surface area contributed by atoms with Crippen molar-refractivity contribution in [1.29, 1.82) is 0 Å². The molecule has 0 bridgehead atoms. The highest BCUT2D eigenvalue weighted by molar-refractivity contribution is 7.89. The highest BCUT2D eigenvalue weighted by atomic mass is 32.2. The number of nitrogens with one attached hydrogen (secondary N) is 1. The van der Waals surface area contributed by atoms with Gasteiger partial charge in [0, 0.05) is 50.5 Å². The van der Waals surface area contributed by atoms with Crippen molar-refractivity contribution in [1.82, 2.24) is 14.2 Å². The van der Waals surface area contributed by atoms with E-state index < -0.39 is 10.0 Å². The Morgan fingerprint density at radius 2 is 1.62 bits per heavy atom. The van der Waals surface area contributed by atoms with Gasteiger partial charge in [0.15, 0.2) is 5.13 Å². The maximum atomic E-state index is 13.2. The summed E-state index contributed by atoms with van der Waals surface area (Å²) in [6, 6.07) is 11.9. The molecule has 4 rings (SSSR count). The zero-order valence-electron chi connectivity index (χ0n) is 22.3. The molecule has 1 saturated heterocycles. The molecule has 1 N–H and O–H groups in total. The Morgan fingerprint density at radius 1 is 1.00 bits per heavy atom. The van der Waals surface area contributed by atoms with E-state index >= 15 is 0 Å². The van der Waals surface area contributed by atoms with Gasteiger partial charge in [-0.2, -0.15) is 4.31 Å². The molecule has 1 amide bonds. The molecule has 0 atom stereocenters. The number of carbonyl (C=O) groups excluding carboxylic acids is 1. The Bertz CT molecular complexity index is 1320.